The summed E-state index contributed by atoms with van der Waals surface area (Å²) in [4.78, 5) is 0. The fraction of sp³-hybridized carbons (Fsp3) is 0. The fourth-order valence-corrected chi connectivity index (χ4v) is 0.606. The van der Waals surface area contributed by atoms with Gasteiger partial charge in [0.1, 0.15) is 0 Å². The molecule has 0 aliphatic heterocycles. The summed E-state index contributed by atoms with van der Waals surface area (Å²) >= 11 is 0. The molecule has 1 aromatic rings. The molecule has 0 unspecified atom stereocenters. The molecule has 0 spiro atoms. The van der Waals surface area contributed by atoms with Crippen LogP contribution >= 0.6 is 0 Å². The van der Waals surface area contributed by atoms with Gasteiger partial charge in [-0.2, -0.15) is 0 Å². The maximum atomic E-state index is 8.09. The molecule has 0 aliphatic carbocycles. The molecule has 0 aromatic heterocycles. The van der Waals surface area contributed by atoms with Crippen molar-refractivity contribution in [1.82, 2.24) is 0 Å². The Morgan fingerprint density at radius 3 is 2.30 bits per heavy atom. The van der Waals surface area contributed by atoms with Crippen LogP contribution in [0.2, 0.25) is 0 Å². The van der Waals surface area contributed by atoms with Gasteiger partial charge in [0.2, 0.25) is 0 Å². The second-order valence-electron chi connectivity index (χ2n) is 1.66. The van der Waals surface area contributed by atoms with Crippen LogP contribution in [-0.2, 0) is 0 Å². The van der Waals surface area contributed by atoms with Crippen molar-refractivity contribution in [3.63, 3.8) is 0 Å². The van der Waals surface area contributed by atoms with Gasteiger partial charge in [0, 0.05) is 0 Å². The third-order valence-electron chi connectivity index (χ3n) is 1.01. The van der Waals surface area contributed by atoms with Crippen LogP contribution < -0.4 is 0 Å². The second-order valence-corrected chi connectivity index (χ2v) is 1.66. The number of oxime groups is 1. The fourth-order valence-electron chi connectivity index (χ4n) is 0.606. The Morgan fingerprint density at radius 1 is 1.20 bits per heavy atom. The first-order chi connectivity index (χ1) is 4.43. The molecule has 0 saturated heterocycles. The Kier molecular flexibility index (Phi) is 5.19. The van der Waals surface area contributed by atoms with Gasteiger partial charge < -0.3 is 5.21 Å². The first kappa shape index (κ1) is 9.61. The predicted octanol–water partition coefficient (Wildman–Crippen LogP) is 0.578. The van der Waals surface area contributed by atoms with Gasteiger partial charge in [-0.3, -0.25) is 0 Å². The zero-order chi connectivity index (χ0) is 6.53. The average molecular weight is 330 g/mol. The zero-order valence-electron chi connectivity index (χ0n) is 5.57. The van der Waals surface area contributed by atoms with Gasteiger partial charge in [-0.15, -0.1) is 0 Å². The maximum absolute atomic E-state index is 8.09. The molecule has 1 N–H and O–H groups in total. The summed E-state index contributed by atoms with van der Waals surface area (Å²) in [7, 11) is 0. The zero-order valence-corrected chi connectivity index (χ0v) is 11.1. The van der Waals surface area contributed by atoms with Crippen molar-refractivity contribution in [1.29, 1.82) is 0 Å². The minimum atomic E-state index is 0. The van der Waals surface area contributed by atoms with Gasteiger partial charge >= 0.3 is 27.3 Å². The predicted molar refractivity (Wildman–Crippen MR) is 44.4 cm³/mol. The molecule has 0 saturated carbocycles. The molecular formula is C7H9NOPb. The Morgan fingerprint density at radius 2 is 1.80 bits per heavy atom. The van der Waals surface area contributed by atoms with E-state index >= 15 is 0 Å². The Labute approximate surface area is 79.7 Å². The number of hydrogen-bond acceptors (Lipinski definition) is 2. The molecule has 1 aromatic carbocycles. The van der Waals surface area contributed by atoms with Gasteiger partial charge in [0.25, 0.3) is 0 Å². The van der Waals surface area contributed by atoms with E-state index in [0.29, 0.717) is 0 Å². The summed E-state index contributed by atoms with van der Waals surface area (Å²) in [6.45, 7) is 0. The van der Waals surface area contributed by atoms with Crippen LogP contribution in [0.3, 0.4) is 0 Å². The van der Waals surface area contributed by atoms with Gasteiger partial charge in [0.05, 0.1) is 6.21 Å². The molecule has 2 radical (unpaired) electrons. The first-order valence-electron chi connectivity index (χ1n) is 2.66. The third kappa shape index (κ3) is 2.96. The van der Waals surface area contributed by atoms with E-state index in [-0.39, 0.29) is 27.3 Å². The SMILES string of the molecule is O/N=C\c1ccccc1.[PbH2]. The van der Waals surface area contributed by atoms with Crippen molar-refractivity contribution >= 4 is 33.5 Å². The van der Waals surface area contributed by atoms with Gasteiger partial charge in [-0.25, -0.2) is 0 Å². The quantitative estimate of drug-likeness (QED) is 0.347. The number of hydrogen-bond donors (Lipinski definition) is 1. The van der Waals surface area contributed by atoms with E-state index in [1.54, 1.807) is 0 Å². The molecular weight excluding hydrogens is 321 g/mol. The first-order valence-corrected chi connectivity index (χ1v) is 2.66. The summed E-state index contributed by atoms with van der Waals surface area (Å²) in [6, 6.07) is 9.40. The molecule has 0 amide bonds. The monoisotopic (exact) mass is 331 g/mol. The van der Waals surface area contributed by atoms with Crippen molar-refractivity contribution in [2.24, 2.45) is 5.16 Å². The Balaban J connectivity index is 0.000000810. The summed E-state index contributed by atoms with van der Waals surface area (Å²) < 4.78 is 0. The third-order valence-corrected chi connectivity index (χ3v) is 1.01. The van der Waals surface area contributed by atoms with E-state index in [4.69, 9.17) is 5.21 Å². The van der Waals surface area contributed by atoms with Crippen LogP contribution in [0, 0.1) is 0 Å². The van der Waals surface area contributed by atoms with Gasteiger partial charge in [0.15, 0.2) is 0 Å². The van der Waals surface area contributed by atoms with Gasteiger partial charge in [-0.1, -0.05) is 35.5 Å². The van der Waals surface area contributed by atoms with Crippen LogP contribution in [0.4, 0.5) is 0 Å². The number of nitrogens with zero attached hydrogens (tertiary/aromatic N) is 1. The van der Waals surface area contributed by atoms with Crippen molar-refractivity contribution in [3.8, 4) is 0 Å². The summed E-state index contributed by atoms with van der Waals surface area (Å²) in [5, 5.41) is 11.0. The molecule has 1 rings (SSSR count). The van der Waals surface area contributed by atoms with Gasteiger partial charge in [-0.05, 0) is 5.56 Å². The number of benzene rings is 1. The van der Waals surface area contributed by atoms with Crippen LogP contribution in [0.25, 0.3) is 0 Å². The van der Waals surface area contributed by atoms with Crippen LogP contribution in [0.5, 0.6) is 0 Å². The Bertz CT molecular complexity index is 198. The second kappa shape index (κ2) is 5.40. The van der Waals surface area contributed by atoms with Crippen molar-refractivity contribution < 1.29 is 5.21 Å². The van der Waals surface area contributed by atoms with Crippen molar-refractivity contribution in [2.45, 2.75) is 0 Å². The minimum absolute atomic E-state index is 0. The molecule has 0 fully saturated rings. The van der Waals surface area contributed by atoms with E-state index in [2.05, 4.69) is 5.16 Å². The van der Waals surface area contributed by atoms with Crippen LogP contribution in [0.1, 0.15) is 5.56 Å². The molecule has 3 heteroatoms. The van der Waals surface area contributed by atoms with E-state index in [1.807, 2.05) is 30.3 Å². The van der Waals surface area contributed by atoms with E-state index < -0.39 is 0 Å². The molecule has 0 atom stereocenters. The van der Waals surface area contributed by atoms with E-state index in [1.165, 1.54) is 6.21 Å². The molecule has 10 heavy (non-hydrogen) atoms. The van der Waals surface area contributed by atoms with Crippen molar-refractivity contribution in [3.05, 3.63) is 35.9 Å². The summed E-state index contributed by atoms with van der Waals surface area (Å²) in [6.07, 6.45) is 1.39. The summed E-state index contributed by atoms with van der Waals surface area (Å²) in [5.74, 6) is 0. The molecule has 52 valence electrons. The van der Waals surface area contributed by atoms with Crippen molar-refractivity contribution in [2.75, 3.05) is 0 Å². The standard InChI is InChI=1S/C7H7NO.Pb.2H/c9-8-6-7-4-2-1-3-5-7;;;/h1-6,9H;;;/b8-6-;;;. The van der Waals surface area contributed by atoms with Crippen LogP contribution in [-0.4, -0.2) is 38.7 Å². The van der Waals surface area contributed by atoms with E-state index in [9.17, 15) is 0 Å². The van der Waals surface area contributed by atoms with E-state index in [0.717, 1.165) is 5.56 Å². The van der Waals surface area contributed by atoms with Crippen LogP contribution in [0.15, 0.2) is 35.5 Å². The Hall–Kier alpha value is -0.388. The molecule has 2 nitrogen and oxygen atoms in total. The topological polar surface area (TPSA) is 32.6 Å². The number of rotatable bonds is 1. The molecule has 0 aliphatic rings. The molecule has 0 heterocycles. The summed E-state index contributed by atoms with van der Waals surface area (Å²) in [5.41, 5.74) is 0.903. The molecule has 0 bridgehead atoms. The average Bonchev–Trinajstić information content (AvgIpc) is 1.91. The normalized spacial score (nSPS) is 9.20.